The summed E-state index contributed by atoms with van der Waals surface area (Å²) < 4.78 is 18.3. The minimum Gasteiger partial charge on any atom is -0.496 e. The largest absolute Gasteiger partial charge is 0.496 e. The standard InChI is InChI=1S/C21H28FN3O2.HI/c1-4-23-21(25-14-19(26)17-7-9-18(22)10-8-17)24-12-11-16-6-5-15(2)20(13-16)27-3;/h5-10,13,19,26H,4,11-12,14H2,1-3H3,(H2,23,24,25);1H. The molecule has 2 aromatic carbocycles. The Labute approximate surface area is 183 Å². The molecule has 1 unspecified atom stereocenters. The number of halogens is 2. The number of nitrogens with one attached hydrogen (secondary N) is 2. The molecule has 0 spiro atoms. The third-order valence-electron chi connectivity index (χ3n) is 4.20. The van der Waals surface area contributed by atoms with E-state index < -0.39 is 6.10 Å². The van der Waals surface area contributed by atoms with Crippen LogP contribution in [0.3, 0.4) is 0 Å². The SMILES string of the molecule is CCNC(=NCC(O)c1ccc(F)cc1)NCCc1ccc(C)c(OC)c1.I. The number of nitrogens with zero attached hydrogens (tertiary/aromatic N) is 1. The minimum absolute atomic E-state index is 0. The van der Waals surface area contributed by atoms with Crippen molar-refractivity contribution < 1.29 is 14.2 Å². The Kier molecular flexibility index (Phi) is 10.8. The van der Waals surface area contributed by atoms with E-state index in [4.69, 9.17) is 4.74 Å². The van der Waals surface area contributed by atoms with Crippen LogP contribution in [0.15, 0.2) is 47.5 Å². The van der Waals surface area contributed by atoms with Gasteiger partial charge in [-0.05, 0) is 55.2 Å². The Hall–Kier alpha value is -1.87. The summed E-state index contributed by atoms with van der Waals surface area (Å²) in [7, 11) is 1.67. The molecule has 0 amide bonds. The number of aliphatic hydroxyl groups is 1. The van der Waals surface area contributed by atoms with Crippen LogP contribution in [0.1, 0.15) is 29.7 Å². The summed E-state index contributed by atoms with van der Waals surface area (Å²) in [5.74, 6) is 1.20. The molecule has 3 N–H and O–H groups in total. The fraction of sp³-hybridized carbons (Fsp3) is 0.381. The molecule has 28 heavy (non-hydrogen) atoms. The average molecular weight is 501 g/mol. The van der Waals surface area contributed by atoms with Gasteiger partial charge in [-0.25, -0.2) is 4.39 Å². The Bertz CT molecular complexity index is 754. The third kappa shape index (κ3) is 7.63. The molecular weight excluding hydrogens is 472 g/mol. The van der Waals surface area contributed by atoms with Crippen molar-refractivity contribution in [2.24, 2.45) is 4.99 Å². The molecule has 0 aliphatic carbocycles. The summed E-state index contributed by atoms with van der Waals surface area (Å²) in [6.07, 6.45) is 0.0455. The maximum Gasteiger partial charge on any atom is 0.191 e. The van der Waals surface area contributed by atoms with E-state index in [1.165, 1.54) is 17.7 Å². The number of hydrogen-bond donors (Lipinski definition) is 3. The van der Waals surface area contributed by atoms with Crippen LogP contribution in [0.4, 0.5) is 4.39 Å². The number of rotatable bonds is 8. The minimum atomic E-state index is -0.776. The maximum absolute atomic E-state index is 13.0. The first kappa shape index (κ1) is 24.2. The van der Waals surface area contributed by atoms with Crippen molar-refractivity contribution in [2.45, 2.75) is 26.4 Å². The van der Waals surface area contributed by atoms with Crippen molar-refractivity contribution in [2.75, 3.05) is 26.7 Å². The fourth-order valence-corrected chi connectivity index (χ4v) is 2.66. The summed E-state index contributed by atoms with van der Waals surface area (Å²) in [4.78, 5) is 4.42. The quantitative estimate of drug-likeness (QED) is 0.294. The summed E-state index contributed by atoms with van der Waals surface area (Å²) in [6.45, 7) is 5.61. The van der Waals surface area contributed by atoms with Gasteiger partial charge < -0.3 is 20.5 Å². The van der Waals surface area contributed by atoms with Gasteiger partial charge in [0.15, 0.2) is 5.96 Å². The second-order valence-corrected chi connectivity index (χ2v) is 6.27. The van der Waals surface area contributed by atoms with Gasteiger partial charge in [-0.1, -0.05) is 24.3 Å². The Morgan fingerprint density at radius 1 is 1.18 bits per heavy atom. The normalized spacial score (nSPS) is 12.1. The van der Waals surface area contributed by atoms with Gasteiger partial charge in [-0.15, -0.1) is 24.0 Å². The molecule has 7 heteroatoms. The lowest BCUT2D eigenvalue weighted by atomic mass is 10.1. The maximum atomic E-state index is 13.0. The molecular formula is C21H29FIN3O2. The average Bonchev–Trinajstić information content (AvgIpc) is 2.67. The molecule has 0 aromatic heterocycles. The molecule has 2 aromatic rings. The van der Waals surface area contributed by atoms with Gasteiger partial charge in [0, 0.05) is 13.1 Å². The first-order valence-corrected chi connectivity index (χ1v) is 9.12. The molecule has 0 aliphatic rings. The van der Waals surface area contributed by atoms with E-state index in [2.05, 4.69) is 21.7 Å². The van der Waals surface area contributed by atoms with Gasteiger partial charge in [0.1, 0.15) is 11.6 Å². The lowest BCUT2D eigenvalue weighted by molar-refractivity contribution is 0.187. The predicted molar refractivity (Wildman–Crippen MR) is 122 cm³/mol. The highest BCUT2D eigenvalue weighted by Gasteiger charge is 2.08. The first-order chi connectivity index (χ1) is 13.0. The summed E-state index contributed by atoms with van der Waals surface area (Å²) in [5.41, 5.74) is 2.92. The van der Waals surface area contributed by atoms with Gasteiger partial charge in [0.2, 0.25) is 0 Å². The van der Waals surface area contributed by atoms with E-state index in [0.29, 0.717) is 18.1 Å². The van der Waals surface area contributed by atoms with Crippen molar-refractivity contribution in [3.8, 4) is 5.75 Å². The number of aliphatic hydroxyl groups excluding tert-OH is 1. The van der Waals surface area contributed by atoms with Gasteiger partial charge in [-0.3, -0.25) is 4.99 Å². The van der Waals surface area contributed by atoms with Crippen LogP contribution < -0.4 is 15.4 Å². The lowest BCUT2D eigenvalue weighted by Gasteiger charge is -2.14. The monoisotopic (exact) mass is 501 g/mol. The second kappa shape index (κ2) is 12.6. The molecule has 1 atom stereocenters. The van der Waals surface area contributed by atoms with Crippen LogP contribution >= 0.6 is 24.0 Å². The van der Waals surface area contributed by atoms with Crippen molar-refractivity contribution in [1.29, 1.82) is 0 Å². The van der Waals surface area contributed by atoms with Crippen LogP contribution in [0.25, 0.3) is 0 Å². The fourth-order valence-electron chi connectivity index (χ4n) is 2.66. The van der Waals surface area contributed by atoms with E-state index in [-0.39, 0.29) is 36.3 Å². The molecule has 0 bridgehead atoms. The number of aryl methyl sites for hydroxylation is 1. The van der Waals surface area contributed by atoms with Crippen molar-refractivity contribution in [3.05, 3.63) is 65.0 Å². The van der Waals surface area contributed by atoms with Crippen LogP contribution in [0.2, 0.25) is 0 Å². The zero-order valence-corrected chi connectivity index (χ0v) is 18.9. The van der Waals surface area contributed by atoms with E-state index in [9.17, 15) is 9.50 Å². The van der Waals surface area contributed by atoms with Crippen LogP contribution in [-0.4, -0.2) is 37.8 Å². The van der Waals surface area contributed by atoms with Crippen molar-refractivity contribution in [3.63, 3.8) is 0 Å². The Balaban J connectivity index is 0.00000392. The van der Waals surface area contributed by atoms with Gasteiger partial charge >= 0.3 is 0 Å². The predicted octanol–water partition coefficient (Wildman–Crippen LogP) is 3.59. The number of guanidine groups is 1. The van der Waals surface area contributed by atoms with Crippen molar-refractivity contribution in [1.82, 2.24) is 10.6 Å². The van der Waals surface area contributed by atoms with E-state index >= 15 is 0 Å². The Morgan fingerprint density at radius 3 is 2.54 bits per heavy atom. The number of benzene rings is 2. The highest BCUT2D eigenvalue weighted by atomic mass is 127. The highest BCUT2D eigenvalue weighted by molar-refractivity contribution is 14.0. The molecule has 0 saturated heterocycles. The molecule has 0 radical (unpaired) electrons. The summed E-state index contributed by atoms with van der Waals surface area (Å²) >= 11 is 0. The number of aliphatic imine (C=N–C) groups is 1. The molecule has 0 saturated carbocycles. The van der Waals surface area contributed by atoms with Crippen LogP contribution in [0.5, 0.6) is 5.75 Å². The van der Waals surface area contributed by atoms with Gasteiger partial charge in [0.05, 0.1) is 19.8 Å². The van der Waals surface area contributed by atoms with Gasteiger partial charge in [0.25, 0.3) is 0 Å². The molecule has 0 aliphatic heterocycles. The molecule has 0 heterocycles. The second-order valence-electron chi connectivity index (χ2n) is 6.27. The third-order valence-corrected chi connectivity index (χ3v) is 4.20. The molecule has 2 rings (SSSR count). The zero-order chi connectivity index (χ0) is 19.6. The first-order valence-electron chi connectivity index (χ1n) is 9.12. The molecule has 154 valence electrons. The lowest BCUT2D eigenvalue weighted by Crippen LogP contribution is -2.38. The van der Waals surface area contributed by atoms with Gasteiger partial charge in [-0.2, -0.15) is 0 Å². The highest BCUT2D eigenvalue weighted by Crippen LogP contribution is 2.19. The number of ether oxygens (including phenoxy) is 1. The van der Waals surface area contributed by atoms with Crippen LogP contribution in [0, 0.1) is 12.7 Å². The smallest absolute Gasteiger partial charge is 0.191 e. The summed E-state index contributed by atoms with van der Waals surface area (Å²) in [5, 5.41) is 16.6. The number of methoxy groups -OCH3 is 1. The zero-order valence-electron chi connectivity index (χ0n) is 16.5. The number of hydrogen-bond acceptors (Lipinski definition) is 3. The molecule has 0 fully saturated rings. The Morgan fingerprint density at radius 2 is 1.89 bits per heavy atom. The summed E-state index contributed by atoms with van der Waals surface area (Å²) in [6, 6.07) is 12.0. The topological polar surface area (TPSA) is 65.9 Å². The van der Waals surface area contributed by atoms with Crippen molar-refractivity contribution >= 4 is 29.9 Å². The molecule has 5 nitrogen and oxygen atoms in total. The van der Waals surface area contributed by atoms with E-state index in [1.807, 2.05) is 26.0 Å². The van der Waals surface area contributed by atoms with Crippen LogP contribution in [-0.2, 0) is 6.42 Å². The van der Waals surface area contributed by atoms with E-state index in [0.717, 1.165) is 24.3 Å². The van der Waals surface area contributed by atoms with E-state index in [1.54, 1.807) is 19.2 Å².